The van der Waals surface area contributed by atoms with Gasteiger partial charge in [-0.05, 0) is 52.0 Å². The normalized spacial score (nSPS) is 23.0. The van der Waals surface area contributed by atoms with E-state index in [1.807, 2.05) is 4.68 Å². The van der Waals surface area contributed by atoms with Gasteiger partial charge in [-0.1, -0.05) is 26.2 Å². The van der Waals surface area contributed by atoms with Crippen LogP contribution < -0.4 is 10.6 Å². The number of urea groups is 1. The zero-order chi connectivity index (χ0) is 18.6. The van der Waals surface area contributed by atoms with Gasteiger partial charge in [-0.15, -0.1) is 5.10 Å². The van der Waals surface area contributed by atoms with Crippen molar-refractivity contribution in [1.82, 2.24) is 25.0 Å². The largest absolute Gasteiger partial charge is 0.336 e. The molecule has 7 nitrogen and oxygen atoms in total. The van der Waals surface area contributed by atoms with E-state index >= 15 is 0 Å². The Labute approximate surface area is 156 Å². The van der Waals surface area contributed by atoms with Crippen LogP contribution in [0.15, 0.2) is 6.33 Å². The lowest BCUT2D eigenvalue weighted by molar-refractivity contribution is 0.0728. The summed E-state index contributed by atoms with van der Waals surface area (Å²) in [6.45, 7) is 9.51. The van der Waals surface area contributed by atoms with E-state index in [1.54, 1.807) is 6.33 Å². The van der Waals surface area contributed by atoms with E-state index in [9.17, 15) is 4.79 Å². The molecule has 0 spiro atoms. The molecule has 1 atom stereocenters. The van der Waals surface area contributed by atoms with Gasteiger partial charge in [0.2, 0.25) is 5.95 Å². The third kappa shape index (κ3) is 4.96. The highest BCUT2D eigenvalue weighted by Gasteiger charge is 2.30. The van der Waals surface area contributed by atoms with Crippen LogP contribution in [0.5, 0.6) is 0 Å². The van der Waals surface area contributed by atoms with Crippen LogP contribution in [0.25, 0.3) is 0 Å². The number of piperidine rings is 1. The first-order valence-electron chi connectivity index (χ1n) is 10.1. The summed E-state index contributed by atoms with van der Waals surface area (Å²) in [6, 6.07) is 0.194. The highest BCUT2D eigenvalue weighted by molar-refractivity contribution is 5.87. The standard InChI is InChI=1S/C19H34N6O/c1-15-8-7-11-24(12-15)19(2,3)13-20-18(26)22-17-21-14-25(23-17)16-9-5-4-6-10-16/h14-16H,4-13H2,1-3H3,(H2,20,22,23,26). The topological polar surface area (TPSA) is 75.1 Å². The molecule has 26 heavy (non-hydrogen) atoms. The zero-order valence-corrected chi connectivity index (χ0v) is 16.5. The Morgan fingerprint density at radius 2 is 2.00 bits per heavy atom. The first kappa shape index (κ1) is 19.1. The molecule has 7 heteroatoms. The maximum Gasteiger partial charge on any atom is 0.321 e. The first-order chi connectivity index (χ1) is 12.4. The fourth-order valence-corrected chi connectivity index (χ4v) is 4.15. The highest BCUT2D eigenvalue weighted by Crippen LogP contribution is 2.27. The van der Waals surface area contributed by atoms with Gasteiger partial charge in [-0.25, -0.2) is 14.5 Å². The van der Waals surface area contributed by atoms with Crippen molar-refractivity contribution in [3.05, 3.63) is 6.33 Å². The quantitative estimate of drug-likeness (QED) is 0.842. The maximum atomic E-state index is 12.3. The Morgan fingerprint density at radius 3 is 2.73 bits per heavy atom. The Morgan fingerprint density at radius 1 is 1.23 bits per heavy atom. The number of hydrogen-bond acceptors (Lipinski definition) is 4. The van der Waals surface area contributed by atoms with Gasteiger partial charge in [-0.3, -0.25) is 10.2 Å². The second kappa shape index (κ2) is 8.37. The lowest BCUT2D eigenvalue weighted by Gasteiger charge is -2.43. The molecule has 2 aliphatic rings. The monoisotopic (exact) mass is 362 g/mol. The number of nitrogens with zero attached hydrogens (tertiary/aromatic N) is 4. The second-order valence-electron chi connectivity index (χ2n) is 8.65. The van der Waals surface area contributed by atoms with Gasteiger partial charge >= 0.3 is 6.03 Å². The SMILES string of the molecule is CC1CCCN(C(C)(C)CNC(=O)Nc2ncn(C3CCCCC3)n2)C1. The summed E-state index contributed by atoms with van der Waals surface area (Å²) in [5, 5.41) is 10.2. The predicted molar refractivity (Wildman–Crippen MR) is 103 cm³/mol. The molecule has 146 valence electrons. The average molecular weight is 363 g/mol. The molecule has 2 amide bonds. The lowest BCUT2D eigenvalue weighted by Crippen LogP contribution is -2.55. The van der Waals surface area contributed by atoms with Crippen molar-refractivity contribution in [2.75, 3.05) is 25.0 Å². The minimum absolute atomic E-state index is 0.0547. The van der Waals surface area contributed by atoms with Crippen molar-refractivity contribution < 1.29 is 4.79 Å². The smallest absolute Gasteiger partial charge is 0.321 e. The summed E-state index contributed by atoms with van der Waals surface area (Å²) in [6.07, 6.45) is 10.4. The summed E-state index contributed by atoms with van der Waals surface area (Å²) in [5.41, 5.74) is -0.0547. The van der Waals surface area contributed by atoms with E-state index in [1.165, 1.54) is 32.1 Å². The van der Waals surface area contributed by atoms with Gasteiger partial charge < -0.3 is 5.32 Å². The van der Waals surface area contributed by atoms with Crippen LogP contribution in [0, 0.1) is 5.92 Å². The fourth-order valence-electron chi connectivity index (χ4n) is 4.15. The number of carbonyl (C=O) groups is 1. The second-order valence-corrected chi connectivity index (χ2v) is 8.65. The molecular weight excluding hydrogens is 328 g/mol. The number of nitrogens with one attached hydrogen (secondary N) is 2. The number of hydrogen-bond donors (Lipinski definition) is 2. The van der Waals surface area contributed by atoms with Crippen LogP contribution in [0.4, 0.5) is 10.7 Å². The van der Waals surface area contributed by atoms with E-state index in [0.29, 0.717) is 18.5 Å². The molecule has 2 N–H and O–H groups in total. The molecule has 2 heterocycles. The average Bonchev–Trinajstić information content (AvgIpc) is 3.09. The maximum absolute atomic E-state index is 12.3. The van der Waals surface area contributed by atoms with Crippen LogP contribution in [-0.2, 0) is 0 Å². The molecule has 0 bridgehead atoms. The van der Waals surface area contributed by atoms with E-state index in [0.717, 1.165) is 31.8 Å². The zero-order valence-electron chi connectivity index (χ0n) is 16.5. The summed E-state index contributed by atoms with van der Waals surface area (Å²) in [5.74, 6) is 1.11. The van der Waals surface area contributed by atoms with E-state index in [-0.39, 0.29) is 11.6 Å². The molecular formula is C19H34N6O. The fraction of sp³-hybridized carbons (Fsp3) is 0.842. The molecule has 0 aromatic carbocycles. The first-order valence-corrected chi connectivity index (χ1v) is 10.1. The van der Waals surface area contributed by atoms with E-state index < -0.39 is 0 Å². The number of amides is 2. The van der Waals surface area contributed by atoms with Crippen LogP contribution in [-0.4, -0.2) is 50.9 Å². The number of carbonyl (C=O) groups excluding carboxylic acids is 1. The van der Waals surface area contributed by atoms with E-state index in [4.69, 9.17) is 0 Å². The molecule has 1 aliphatic heterocycles. The Hall–Kier alpha value is -1.63. The molecule has 1 aromatic rings. The van der Waals surface area contributed by atoms with Crippen LogP contribution >= 0.6 is 0 Å². The molecule has 3 rings (SSSR count). The summed E-state index contributed by atoms with van der Waals surface area (Å²) >= 11 is 0. The molecule has 1 aliphatic carbocycles. The van der Waals surface area contributed by atoms with Gasteiger partial charge in [0.15, 0.2) is 0 Å². The lowest BCUT2D eigenvalue weighted by atomic mass is 9.93. The molecule has 1 aromatic heterocycles. The van der Waals surface area contributed by atoms with Crippen molar-refractivity contribution in [2.24, 2.45) is 5.92 Å². The van der Waals surface area contributed by atoms with Crippen LogP contribution in [0.3, 0.4) is 0 Å². The van der Waals surface area contributed by atoms with E-state index in [2.05, 4.69) is 46.4 Å². The molecule has 1 saturated heterocycles. The third-order valence-corrected chi connectivity index (χ3v) is 5.88. The van der Waals surface area contributed by atoms with Crippen molar-refractivity contribution in [3.8, 4) is 0 Å². The van der Waals surface area contributed by atoms with Gasteiger partial charge in [0, 0.05) is 18.6 Å². The van der Waals surface area contributed by atoms with Crippen LogP contribution in [0.1, 0.15) is 71.8 Å². The molecule has 1 saturated carbocycles. The number of rotatable bonds is 5. The highest BCUT2D eigenvalue weighted by atomic mass is 16.2. The molecule has 1 unspecified atom stereocenters. The third-order valence-electron chi connectivity index (χ3n) is 5.88. The number of likely N-dealkylation sites (tertiary alicyclic amines) is 1. The summed E-state index contributed by atoms with van der Waals surface area (Å²) in [4.78, 5) is 19.0. The van der Waals surface area contributed by atoms with Gasteiger partial charge in [0.05, 0.1) is 6.04 Å². The number of anilines is 1. The van der Waals surface area contributed by atoms with Crippen molar-refractivity contribution in [3.63, 3.8) is 0 Å². The van der Waals surface area contributed by atoms with Crippen molar-refractivity contribution in [2.45, 2.75) is 77.3 Å². The van der Waals surface area contributed by atoms with Crippen molar-refractivity contribution in [1.29, 1.82) is 0 Å². The Balaban J connectivity index is 1.47. The molecule has 0 radical (unpaired) electrons. The van der Waals surface area contributed by atoms with Gasteiger partial charge in [-0.2, -0.15) is 0 Å². The number of aromatic nitrogens is 3. The predicted octanol–water partition coefficient (Wildman–Crippen LogP) is 3.42. The minimum atomic E-state index is -0.232. The minimum Gasteiger partial charge on any atom is -0.336 e. The Kier molecular flexibility index (Phi) is 6.16. The molecule has 2 fully saturated rings. The Bertz CT molecular complexity index is 593. The van der Waals surface area contributed by atoms with Crippen molar-refractivity contribution >= 4 is 12.0 Å². The van der Waals surface area contributed by atoms with Crippen LogP contribution in [0.2, 0.25) is 0 Å². The van der Waals surface area contributed by atoms with Gasteiger partial charge in [0.1, 0.15) is 6.33 Å². The summed E-state index contributed by atoms with van der Waals surface area (Å²) < 4.78 is 1.91. The summed E-state index contributed by atoms with van der Waals surface area (Å²) in [7, 11) is 0. The van der Waals surface area contributed by atoms with Gasteiger partial charge in [0.25, 0.3) is 0 Å².